The van der Waals surface area contributed by atoms with E-state index < -0.39 is 0 Å². The first kappa shape index (κ1) is 10.6. The molecule has 0 N–H and O–H groups in total. The zero-order valence-electron chi connectivity index (χ0n) is 8.54. The summed E-state index contributed by atoms with van der Waals surface area (Å²) in [4.78, 5) is 13.5. The predicted octanol–water partition coefficient (Wildman–Crippen LogP) is 1.92. The fourth-order valence-corrected chi connectivity index (χ4v) is 2.13. The van der Waals surface area contributed by atoms with E-state index in [1.807, 2.05) is 30.5 Å². The number of hydrogen-bond acceptors (Lipinski definition) is 2. The van der Waals surface area contributed by atoms with Gasteiger partial charge in [-0.3, -0.25) is 4.79 Å². The van der Waals surface area contributed by atoms with Crippen molar-refractivity contribution in [2.45, 2.75) is 25.5 Å². The molecule has 1 fully saturated rings. The Labute approximate surface area is 84.4 Å². The third-order valence-electron chi connectivity index (χ3n) is 2.20. The average molecular weight is 199 g/mol. The number of nitrogens with zero attached hydrogens (tertiary/aromatic N) is 1. The van der Waals surface area contributed by atoms with Gasteiger partial charge in [0.15, 0.2) is 0 Å². The molecule has 74 valence electrons. The largest absolute Gasteiger partial charge is 0.338 e. The lowest BCUT2D eigenvalue weighted by molar-refractivity contribution is -0.125. The number of rotatable bonds is 2. The van der Waals surface area contributed by atoms with Gasteiger partial charge in [-0.1, -0.05) is 5.57 Å². The minimum atomic E-state index is 0.177. The molecular formula is C10H17NOS. The van der Waals surface area contributed by atoms with E-state index in [0.29, 0.717) is 5.25 Å². The van der Waals surface area contributed by atoms with Crippen LogP contribution in [-0.2, 0) is 4.79 Å². The number of likely N-dealkylation sites (tertiary alicyclic amines) is 1. The molecule has 0 aromatic heterocycles. The number of allylic oxidation sites excluding steroid dienone is 1. The first-order chi connectivity index (χ1) is 6.13. The third-order valence-corrected chi connectivity index (χ3v) is 3.25. The summed E-state index contributed by atoms with van der Waals surface area (Å²) in [5.74, 6) is 0.177. The highest BCUT2D eigenvalue weighted by Gasteiger charge is 2.23. The van der Waals surface area contributed by atoms with Crippen LogP contribution in [0.5, 0.6) is 0 Å². The molecule has 1 saturated heterocycles. The first-order valence-corrected chi connectivity index (χ1v) is 5.89. The molecule has 0 aliphatic carbocycles. The Hall–Kier alpha value is -0.440. The second-order valence-corrected chi connectivity index (χ2v) is 4.79. The Kier molecular flexibility index (Phi) is 3.85. The van der Waals surface area contributed by atoms with E-state index in [9.17, 15) is 4.79 Å². The van der Waals surface area contributed by atoms with Crippen LogP contribution < -0.4 is 0 Å². The average Bonchev–Trinajstić information content (AvgIpc) is 2.50. The lowest BCUT2D eigenvalue weighted by atomic mass is 10.3. The van der Waals surface area contributed by atoms with Crippen LogP contribution >= 0.6 is 11.8 Å². The molecule has 0 saturated carbocycles. The molecule has 1 rings (SSSR count). The second-order valence-electron chi connectivity index (χ2n) is 3.65. The maximum Gasteiger partial charge on any atom is 0.246 e. The van der Waals surface area contributed by atoms with Crippen molar-refractivity contribution in [2.75, 3.05) is 19.3 Å². The Morgan fingerprint density at radius 3 is 2.69 bits per heavy atom. The molecule has 1 atom stereocenters. The quantitative estimate of drug-likeness (QED) is 0.633. The Balaban J connectivity index is 2.47. The van der Waals surface area contributed by atoms with Gasteiger partial charge in [-0.25, -0.2) is 0 Å². The van der Waals surface area contributed by atoms with E-state index in [0.717, 1.165) is 25.1 Å². The standard InChI is InChI=1S/C10H17NOS/c1-8(2)6-10(12)11-5-4-9(7-11)13-3/h6,9H,4-5,7H2,1-3H3. The molecule has 0 radical (unpaired) electrons. The van der Waals surface area contributed by atoms with Gasteiger partial charge in [0.25, 0.3) is 0 Å². The number of amides is 1. The fraction of sp³-hybridized carbons (Fsp3) is 0.700. The first-order valence-electron chi connectivity index (χ1n) is 4.60. The zero-order chi connectivity index (χ0) is 9.84. The van der Waals surface area contributed by atoms with Gasteiger partial charge in [0.2, 0.25) is 5.91 Å². The minimum Gasteiger partial charge on any atom is -0.338 e. The van der Waals surface area contributed by atoms with Gasteiger partial charge in [-0.2, -0.15) is 11.8 Å². The summed E-state index contributed by atoms with van der Waals surface area (Å²) in [5, 5.41) is 0.648. The molecule has 1 aliphatic rings. The van der Waals surface area contributed by atoms with Crippen LogP contribution in [-0.4, -0.2) is 35.4 Å². The lowest BCUT2D eigenvalue weighted by Gasteiger charge is -2.13. The molecule has 1 unspecified atom stereocenters. The maximum absolute atomic E-state index is 11.6. The van der Waals surface area contributed by atoms with Crippen molar-refractivity contribution in [3.05, 3.63) is 11.6 Å². The summed E-state index contributed by atoms with van der Waals surface area (Å²) in [5.41, 5.74) is 1.08. The summed E-state index contributed by atoms with van der Waals surface area (Å²) >= 11 is 1.86. The van der Waals surface area contributed by atoms with Gasteiger partial charge >= 0.3 is 0 Å². The molecule has 1 heterocycles. The highest BCUT2D eigenvalue weighted by molar-refractivity contribution is 7.99. The molecule has 1 amide bonds. The lowest BCUT2D eigenvalue weighted by Crippen LogP contribution is -2.27. The Morgan fingerprint density at radius 1 is 1.54 bits per heavy atom. The van der Waals surface area contributed by atoms with E-state index in [1.165, 1.54) is 0 Å². The van der Waals surface area contributed by atoms with E-state index in [-0.39, 0.29) is 5.91 Å². The van der Waals surface area contributed by atoms with E-state index >= 15 is 0 Å². The molecule has 0 aromatic carbocycles. The summed E-state index contributed by atoms with van der Waals surface area (Å²) < 4.78 is 0. The summed E-state index contributed by atoms with van der Waals surface area (Å²) in [6.07, 6.45) is 4.98. The van der Waals surface area contributed by atoms with Gasteiger partial charge in [0.05, 0.1) is 0 Å². The monoisotopic (exact) mass is 199 g/mol. The number of thioether (sulfide) groups is 1. The molecule has 3 heteroatoms. The summed E-state index contributed by atoms with van der Waals surface area (Å²) in [6.45, 7) is 5.76. The number of hydrogen-bond donors (Lipinski definition) is 0. The van der Waals surface area contributed by atoms with Gasteiger partial charge in [0, 0.05) is 24.4 Å². The van der Waals surface area contributed by atoms with Crippen molar-refractivity contribution in [2.24, 2.45) is 0 Å². The van der Waals surface area contributed by atoms with Crippen molar-refractivity contribution in [3.8, 4) is 0 Å². The van der Waals surface area contributed by atoms with Crippen LogP contribution in [0.25, 0.3) is 0 Å². The molecule has 2 nitrogen and oxygen atoms in total. The second kappa shape index (κ2) is 4.70. The third kappa shape index (κ3) is 3.07. The minimum absolute atomic E-state index is 0.177. The van der Waals surface area contributed by atoms with Gasteiger partial charge in [-0.05, 0) is 26.5 Å². The van der Waals surface area contributed by atoms with Crippen LogP contribution in [0.15, 0.2) is 11.6 Å². The van der Waals surface area contributed by atoms with Crippen molar-refractivity contribution in [1.29, 1.82) is 0 Å². The smallest absolute Gasteiger partial charge is 0.246 e. The molecule has 13 heavy (non-hydrogen) atoms. The molecule has 0 spiro atoms. The zero-order valence-corrected chi connectivity index (χ0v) is 9.36. The van der Waals surface area contributed by atoms with Crippen LogP contribution in [0.3, 0.4) is 0 Å². The Morgan fingerprint density at radius 2 is 2.23 bits per heavy atom. The van der Waals surface area contributed by atoms with Gasteiger partial charge in [0.1, 0.15) is 0 Å². The van der Waals surface area contributed by atoms with Crippen LogP contribution in [0.2, 0.25) is 0 Å². The van der Waals surface area contributed by atoms with Gasteiger partial charge in [-0.15, -0.1) is 0 Å². The van der Waals surface area contributed by atoms with Crippen molar-refractivity contribution in [1.82, 2.24) is 4.90 Å². The highest BCUT2D eigenvalue weighted by Crippen LogP contribution is 2.20. The highest BCUT2D eigenvalue weighted by atomic mass is 32.2. The predicted molar refractivity (Wildman–Crippen MR) is 57.9 cm³/mol. The Bertz CT molecular complexity index is 221. The molecule has 1 aliphatic heterocycles. The SMILES string of the molecule is CSC1CCN(C(=O)C=C(C)C)C1. The fourth-order valence-electron chi connectivity index (χ4n) is 1.46. The maximum atomic E-state index is 11.6. The number of carbonyl (C=O) groups is 1. The van der Waals surface area contributed by atoms with E-state index in [2.05, 4.69) is 6.26 Å². The molecule has 0 bridgehead atoms. The summed E-state index contributed by atoms with van der Waals surface area (Å²) in [6, 6.07) is 0. The van der Waals surface area contributed by atoms with Crippen molar-refractivity contribution < 1.29 is 4.79 Å². The van der Waals surface area contributed by atoms with Crippen LogP contribution in [0, 0.1) is 0 Å². The van der Waals surface area contributed by atoms with E-state index in [1.54, 1.807) is 6.08 Å². The number of carbonyl (C=O) groups excluding carboxylic acids is 1. The topological polar surface area (TPSA) is 20.3 Å². The van der Waals surface area contributed by atoms with Crippen LogP contribution in [0.1, 0.15) is 20.3 Å². The van der Waals surface area contributed by atoms with Crippen LogP contribution in [0.4, 0.5) is 0 Å². The summed E-state index contributed by atoms with van der Waals surface area (Å²) in [7, 11) is 0. The molecular weight excluding hydrogens is 182 g/mol. The normalized spacial score (nSPS) is 21.8. The van der Waals surface area contributed by atoms with Gasteiger partial charge < -0.3 is 4.90 Å². The van der Waals surface area contributed by atoms with Crippen molar-refractivity contribution in [3.63, 3.8) is 0 Å². The molecule has 0 aromatic rings. The van der Waals surface area contributed by atoms with Crippen molar-refractivity contribution >= 4 is 17.7 Å². The van der Waals surface area contributed by atoms with E-state index in [4.69, 9.17) is 0 Å².